The van der Waals surface area contributed by atoms with E-state index in [4.69, 9.17) is 0 Å². The fraction of sp³-hybridized carbons (Fsp3) is 0.0588. The van der Waals surface area contributed by atoms with Crippen molar-refractivity contribution in [2.24, 2.45) is 0 Å². The second-order valence-corrected chi connectivity index (χ2v) is 5.58. The minimum absolute atomic E-state index is 1.30. The Kier molecular flexibility index (Phi) is 2.77. The van der Waals surface area contributed by atoms with E-state index < -0.39 is 0 Å². The van der Waals surface area contributed by atoms with Crippen LogP contribution in [0.3, 0.4) is 0 Å². The maximum atomic E-state index is 3.75. The first kappa shape index (κ1) is 11.2. The molecule has 0 spiro atoms. The molecule has 1 heteroatoms. The zero-order chi connectivity index (χ0) is 12.5. The van der Waals surface area contributed by atoms with Gasteiger partial charge in [0, 0.05) is 15.0 Å². The van der Waals surface area contributed by atoms with Gasteiger partial charge in [-0.1, -0.05) is 55.1 Å². The molecule has 3 aromatic rings. The number of hydrogen-bond donors (Lipinski definition) is 0. The van der Waals surface area contributed by atoms with E-state index in [1.54, 1.807) is 0 Å². The highest BCUT2D eigenvalue weighted by Crippen LogP contribution is 2.36. The summed E-state index contributed by atoms with van der Waals surface area (Å²) < 4.78 is 1.36. The van der Waals surface area contributed by atoms with E-state index in [0.29, 0.717) is 0 Å². The summed E-state index contributed by atoms with van der Waals surface area (Å²) in [7, 11) is 0. The van der Waals surface area contributed by atoms with Crippen molar-refractivity contribution in [1.29, 1.82) is 0 Å². The predicted octanol–water partition coefficient (Wildman–Crippen LogP) is 5.56. The van der Waals surface area contributed by atoms with E-state index in [1.165, 1.54) is 31.3 Å². The quantitative estimate of drug-likeness (QED) is 0.522. The number of allylic oxidation sites excluding steroid dienone is 2. The van der Waals surface area contributed by atoms with Gasteiger partial charge in [-0.25, -0.2) is 0 Å². The van der Waals surface area contributed by atoms with Gasteiger partial charge in [0.15, 0.2) is 0 Å². The largest absolute Gasteiger partial charge is 0.140 e. The molecule has 3 rings (SSSR count). The molecule has 18 heavy (non-hydrogen) atoms. The van der Waals surface area contributed by atoms with Crippen molar-refractivity contribution in [2.75, 3.05) is 0 Å². The number of hydrogen-bond acceptors (Lipinski definition) is 1. The van der Waals surface area contributed by atoms with Gasteiger partial charge in [0.1, 0.15) is 0 Å². The van der Waals surface area contributed by atoms with Crippen LogP contribution in [0.5, 0.6) is 0 Å². The Morgan fingerprint density at radius 3 is 2.78 bits per heavy atom. The molecule has 0 fully saturated rings. The standard InChI is InChI=1S/C17H14S/c1-3-4-8-14-12(2)18-16-11-10-13-7-5-6-9-15(13)17(14)16/h3-11H,1H2,2H3/b8-4-. The second-order valence-electron chi connectivity index (χ2n) is 4.33. The maximum absolute atomic E-state index is 3.75. The van der Waals surface area contributed by atoms with Crippen LogP contribution in [0, 0.1) is 6.92 Å². The smallest absolute Gasteiger partial charge is 0.0358 e. The molecule has 2 aromatic carbocycles. The molecule has 0 unspecified atom stereocenters. The third kappa shape index (κ3) is 1.68. The summed E-state index contributed by atoms with van der Waals surface area (Å²) in [6.45, 7) is 5.93. The summed E-state index contributed by atoms with van der Waals surface area (Å²) in [5, 5.41) is 4.01. The lowest BCUT2D eigenvalue weighted by molar-refractivity contribution is 1.62. The third-order valence-corrected chi connectivity index (χ3v) is 4.29. The van der Waals surface area contributed by atoms with Gasteiger partial charge in [-0.3, -0.25) is 0 Å². The van der Waals surface area contributed by atoms with E-state index in [1.807, 2.05) is 23.5 Å². The summed E-state index contributed by atoms with van der Waals surface area (Å²) >= 11 is 1.86. The minimum atomic E-state index is 1.30. The van der Waals surface area contributed by atoms with E-state index in [9.17, 15) is 0 Å². The molecule has 88 valence electrons. The number of thiophene rings is 1. The van der Waals surface area contributed by atoms with Crippen LogP contribution in [0.2, 0.25) is 0 Å². The Labute approximate surface area is 111 Å². The molecule has 0 saturated heterocycles. The summed E-state index contributed by atoms with van der Waals surface area (Å²) in [5.41, 5.74) is 1.33. The molecule has 0 bridgehead atoms. The Morgan fingerprint density at radius 2 is 1.94 bits per heavy atom. The first-order chi connectivity index (χ1) is 8.81. The highest BCUT2D eigenvalue weighted by molar-refractivity contribution is 7.19. The number of rotatable bonds is 2. The summed E-state index contributed by atoms with van der Waals surface area (Å²) in [5.74, 6) is 0. The van der Waals surface area contributed by atoms with Crippen molar-refractivity contribution in [3.8, 4) is 0 Å². The molecular weight excluding hydrogens is 236 g/mol. The Hall–Kier alpha value is -1.86. The van der Waals surface area contributed by atoms with Crippen LogP contribution in [0.25, 0.3) is 26.9 Å². The molecule has 1 heterocycles. The second kappa shape index (κ2) is 4.43. The first-order valence-corrected chi connectivity index (χ1v) is 6.83. The zero-order valence-electron chi connectivity index (χ0n) is 10.3. The number of fused-ring (bicyclic) bond motifs is 3. The highest BCUT2D eigenvalue weighted by Gasteiger charge is 2.09. The molecule has 0 saturated carbocycles. The summed E-state index contributed by atoms with van der Waals surface area (Å²) in [6, 6.07) is 13.0. The molecule has 0 atom stereocenters. The zero-order valence-corrected chi connectivity index (χ0v) is 11.1. The third-order valence-electron chi connectivity index (χ3n) is 3.20. The van der Waals surface area contributed by atoms with Crippen molar-refractivity contribution in [2.45, 2.75) is 6.92 Å². The molecule has 0 nitrogen and oxygen atoms in total. The monoisotopic (exact) mass is 250 g/mol. The van der Waals surface area contributed by atoms with Gasteiger partial charge in [0.05, 0.1) is 0 Å². The fourth-order valence-corrected chi connectivity index (χ4v) is 3.44. The minimum Gasteiger partial charge on any atom is -0.140 e. The average molecular weight is 250 g/mol. The van der Waals surface area contributed by atoms with Crippen LogP contribution < -0.4 is 0 Å². The first-order valence-electron chi connectivity index (χ1n) is 6.01. The molecule has 0 aliphatic heterocycles. The Bertz CT molecular complexity index is 760. The number of aryl methyl sites for hydroxylation is 1. The van der Waals surface area contributed by atoms with Gasteiger partial charge in [0.25, 0.3) is 0 Å². The Balaban J connectivity index is 2.47. The fourth-order valence-electron chi connectivity index (χ4n) is 2.38. The van der Waals surface area contributed by atoms with E-state index in [2.05, 4.69) is 56.0 Å². The maximum Gasteiger partial charge on any atom is 0.0358 e. The average Bonchev–Trinajstić information content (AvgIpc) is 2.72. The van der Waals surface area contributed by atoms with Crippen molar-refractivity contribution in [3.63, 3.8) is 0 Å². The van der Waals surface area contributed by atoms with Crippen LogP contribution in [0.4, 0.5) is 0 Å². The van der Waals surface area contributed by atoms with Crippen LogP contribution in [0.15, 0.2) is 55.1 Å². The van der Waals surface area contributed by atoms with E-state index >= 15 is 0 Å². The SMILES string of the molecule is C=C/C=C\c1c(C)sc2ccc3ccccc3c12. The van der Waals surface area contributed by atoms with Gasteiger partial charge < -0.3 is 0 Å². The van der Waals surface area contributed by atoms with Crippen LogP contribution in [-0.4, -0.2) is 0 Å². The molecule has 0 aliphatic rings. The van der Waals surface area contributed by atoms with Crippen LogP contribution in [-0.2, 0) is 0 Å². The molecule has 0 aliphatic carbocycles. The van der Waals surface area contributed by atoms with Gasteiger partial charge in [-0.15, -0.1) is 11.3 Å². The van der Waals surface area contributed by atoms with E-state index in [-0.39, 0.29) is 0 Å². The van der Waals surface area contributed by atoms with E-state index in [0.717, 1.165) is 0 Å². The summed E-state index contributed by atoms with van der Waals surface area (Å²) in [4.78, 5) is 1.36. The normalized spacial score (nSPS) is 11.6. The van der Waals surface area contributed by atoms with Crippen molar-refractivity contribution >= 4 is 38.3 Å². The van der Waals surface area contributed by atoms with Crippen molar-refractivity contribution in [1.82, 2.24) is 0 Å². The van der Waals surface area contributed by atoms with Gasteiger partial charge >= 0.3 is 0 Å². The van der Waals surface area contributed by atoms with Crippen LogP contribution in [0.1, 0.15) is 10.4 Å². The predicted molar refractivity (Wildman–Crippen MR) is 83.3 cm³/mol. The number of benzene rings is 2. The molecule has 0 N–H and O–H groups in total. The summed E-state index contributed by atoms with van der Waals surface area (Å²) in [6.07, 6.45) is 6.00. The van der Waals surface area contributed by atoms with Crippen molar-refractivity contribution in [3.05, 3.63) is 65.6 Å². The van der Waals surface area contributed by atoms with Gasteiger partial charge in [-0.2, -0.15) is 0 Å². The van der Waals surface area contributed by atoms with Gasteiger partial charge in [-0.05, 0) is 29.3 Å². The molecule has 0 amide bonds. The van der Waals surface area contributed by atoms with Gasteiger partial charge in [0.2, 0.25) is 0 Å². The lowest BCUT2D eigenvalue weighted by Gasteiger charge is -2.01. The van der Waals surface area contributed by atoms with Crippen molar-refractivity contribution < 1.29 is 0 Å². The molecule has 0 radical (unpaired) electrons. The topological polar surface area (TPSA) is 0 Å². The molecular formula is C17H14S. The highest BCUT2D eigenvalue weighted by atomic mass is 32.1. The van der Waals surface area contributed by atoms with Crippen LogP contribution >= 0.6 is 11.3 Å². The lowest BCUT2D eigenvalue weighted by Crippen LogP contribution is -1.76. The molecule has 1 aromatic heterocycles. The Morgan fingerprint density at radius 1 is 1.11 bits per heavy atom. The lowest BCUT2D eigenvalue weighted by atomic mass is 10.0.